The van der Waals surface area contributed by atoms with Gasteiger partial charge in [0, 0.05) is 6.42 Å². The van der Waals surface area contributed by atoms with Crippen molar-refractivity contribution >= 4 is 5.97 Å². The normalized spacial score (nSPS) is 11.5. The highest BCUT2D eigenvalue weighted by molar-refractivity contribution is 5.69. The molecule has 0 heterocycles. The minimum atomic E-state index is 0.0347. The molecule has 0 radical (unpaired) electrons. The van der Waals surface area contributed by atoms with Crippen LogP contribution in [0.5, 0.6) is 0 Å². The second kappa shape index (κ2) is 51.5. The molecule has 0 bridgehead atoms. The van der Waals surface area contributed by atoms with Gasteiger partial charge in [-0.1, -0.05) is 309 Å². The predicted octanol–water partition coefficient (Wildman–Crippen LogP) is 19.7. The average Bonchev–Trinajstić information content (AvgIpc) is 3.19. The molecular weight excluding hydrogens is 669 g/mol. The Balaban J connectivity index is 3.14. The lowest BCUT2D eigenvalue weighted by Crippen LogP contribution is -2.05. The minimum absolute atomic E-state index is 0.0347. The molecule has 2 nitrogen and oxygen atoms in total. The first-order chi connectivity index (χ1) is 27.3. The summed E-state index contributed by atoms with van der Waals surface area (Å²) in [6, 6.07) is 0. The van der Waals surface area contributed by atoms with Crippen LogP contribution in [0.3, 0.4) is 0 Å². The van der Waals surface area contributed by atoms with E-state index in [1.54, 1.807) is 0 Å². The molecule has 0 atom stereocenters. The van der Waals surface area contributed by atoms with Crippen LogP contribution in [-0.2, 0) is 9.53 Å². The number of esters is 1. The van der Waals surface area contributed by atoms with E-state index < -0.39 is 0 Å². The molecule has 0 rings (SSSR count). The molecule has 0 aliphatic heterocycles. The average molecular weight is 775 g/mol. The van der Waals surface area contributed by atoms with E-state index in [1.165, 1.54) is 295 Å². The van der Waals surface area contributed by atoms with Crippen molar-refractivity contribution in [2.75, 3.05) is 6.61 Å². The minimum Gasteiger partial charge on any atom is -0.466 e. The Morgan fingerprint density at radius 3 is 0.600 bits per heavy atom. The summed E-state index contributed by atoms with van der Waals surface area (Å²) in [7, 11) is 0. The first-order valence-electron chi connectivity index (χ1n) is 26.5. The van der Waals surface area contributed by atoms with Gasteiger partial charge >= 0.3 is 5.97 Å². The molecule has 0 aromatic rings. The summed E-state index contributed by atoms with van der Waals surface area (Å²) in [5.74, 6) is 0.0347. The van der Waals surface area contributed by atoms with E-state index in [4.69, 9.17) is 4.74 Å². The fourth-order valence-electron chi connectivity index (χ4n) is 8.55. The smallest absolute Gasteiger partial charge is 0.305 e. The van der Waals surface area contributed by atoms with Crippen LogP contribution >= 0.6 is 0 Å². The summed E-state index contributed by atoms with van der Waals surface area (Å²) in [5.41, 5.74) is 0. The predicted molar refractivity (Wildman–Crippen MR) is 249 cm³/mol. The number of hydrogen-bond donors (Lipinski definition) is 0. The third-order valence-corrected chi connectivity index (χ3v) is 12.5. The van der Waals surface area contributed by atoms with Crippen molar-refractivity contribution < 1.29 is 9.53 Å². The van der Waals surface area contributed by atoms with Crippen LogP contribution < -0.4 is 0 Å². The highest BCUT2D eigenvalue weighted by Gasteiger charge is 2.03. The largest absolute Gasteiger partial charge is 0.466 e. The van der Waals surface area contributed by atoms with E-state index in [9.17, 15) is 4.79 Å². The summed E-state index contributed by atoms with van der Waals surface area (Å²) < 4.78 is 5.50. The summed E-state index contributed by atoms with van der Waals surface area (Å²) in [6.07, 6.45) is 68.3. The fraction of sp³-hybridized carbons (Fsp3) is 0.981. The van der Waals surface area contributed by atoms with E-state index in [1.807, 2.05) is 0 Å². The van der Waals surface area contributed by atoms with Crippen molar-refractivity contribution in [3.8, 4) is 0 Å². The summed E-state index contributed by atoms with van der Waals surface area (Å²) in [5, 5.41) is 0. The molecule has 0 aromatic heterocycles. The van der Waals surface area contributed by atoms with Gasteiger partial charge in [-0.05, 0) is 12.8 Å². The summed E-state index contributed by atoms with van der Waals surface area (Å²) >= 11 is 0. The van der Waals surface area contributed by atoms with Gasteiger partial charge in [0.05, 0.1) is 6.61 Å². The first-order valence-corrected chi connectivity index (χ1v) is 26.5. The van der Waals surface area contributed by atoms with Crippen LogP contribution in [0.25, 0.3) is 0 Å². The third kappa shape index (κ3) is 51.5. The van der Waals surface area contributed by atoms with Gasteiger partial charge in [0.2, 0.25) is 0 Å². The van der Waals surface area contributed by atoms with Crippen LogP contribution in [0.15, 0.2) is 0 Å². The van der Waals surface area contributed by atoms with Gasteiger partial charge in [0.15, 0.2) is 0 Å². The Hall–Kier alpha value is -0.530. The third-order valence-electron chi connectivity index (χ3n) is 12.5. The molecule has 55 heavy (non-hydrogen) atoms. The number of ether oxygens (including phenoxy) is 1. The van der Waals surface area contributed by atoms with Crippen LogP contribution in [0.1, 0.15) is 328 Å². The molecule has 0 spiro atoms. The van der Waals surface area contributed by atoms with Crippen molar-refractivity contribution in [2.24, 2.45) is 0 Å². The maximum Gasteiger partial charge on any atom is 0.305 e. The second-order valence-electron chi connectivity index (χ2n) is 18.2. The molecule has 0 saturated heterocycles. The van der Waals surface area contributed by atoms with Gasteiger partial charge in [-0.3, -0.25) is 4.79 Å². The van der Waals surface area contributed by atoms with Crippen molar-refractivity contribution in [1.29, 1.82) is 0 Å². The molecular formula is C53H106O2. The van der Waals surface area contributed by atoms with E-state index in [-0.39, 0.29) is 5.97 Å². The standard InChI is InChI=1S/C53H106O2/c1-3-5-7-9-11-13-15-17-19-21-23-24-25-26-27-28-29-30-31-32-33-35-37-39-41-43-45-47-49-51-53(54)55-52-50-48-46-44-42-40-38-36-34-22-20-18-16-14-12-10-8-6-4-2/h3-52H2,1-2H3. The highest BCUT2D eigenvalue weighted by atomic mass is 16.5. The molecule has 0 aliphatic carbocycles. The van der Waals surface area contributed by atoms with E-state index in [0.29, 0.717) is 13.0 Å². The van der Waals surface area contributed by atoms with Gasteiger partial charge in [0.1, 0.15) is 0 Å². The van der Waals surface area contributed by atoms with Gasteiger partial charge in [-0.25, -0.2) is 0 Å². The molecule has 0 aliphatic rings. The number of rotatable bonds is 50. The van der Waals surface area contributed by atoms with Crippen LogP contribution in [0.2, 0.25) is 0 Å². The fourth-order valence-corrected chi connectivity index (χ4v) is 8.55. The maximum atomic E-state index is 12.1. The van der Waals surface area contributed by atoms with E-state index >= 15 is 0 Å². The van der Waals surface area contributed by atoms with Crippen molar-refractivity contribution in [2.45, 2.75) is 328 Å². The lowest BCUT2D eigenvalue weighted by molar-refractivity contribution is -0.143. The number of carbonyl (C=O) groups excluding carboxylic acids is 1. The SMILES string of the molecule is CCCCCCCCCCCCCCCCCCCCCCCCCCCCCCCC(=O)OCCCCCCCCCCCCCCCCCCCCC. The quantitative estimate of drug-likeness (QED) is 0.0454. The van der Waals surface area contributed by atoms with Crippen LogP contribution in [-0.4, -0.2) is 12.6 Å². The van der Waals surface area contributed by atoms with Gasteiger partial charge in [0.25, 0.3) is 0 Å². The molecule has 0 N–H and O–H groups in total. The van der Waals surface area contributed by atoms with Crippen molar-refractivity contribution in [3.05, 3.63) is 0 Å². The zero-order chi connectivity index (χ0) is 39.6. The zero-order valence-corrected chi connectivity index (χ0v) is 38.7. The maximum absolute atomic E-state index is 12.1. The van der Waals surface area contributed by atoms with Crippen LogP contribution in [0.4, 0.5) is 0 Å². The Kier molecular flexibility index (Phi) is 51.0. The molecule has 2 heteroatoms. The number of carbonyl (C=O) groups is 1. The monoisotopic (exact) mass is 775 g/mol. The van der Waals surface area contributed by atoms with E-state index in [0.717, 1.165) is 12.8 Å². The molecule has 0 saturated carbocycles. The zero-order valence-electron chi connectivity index (χ0n) is 38.7. The topological polar surface area (TPSA) is 26.3 Å². The molecule has 0 amide bonds. The number of unbranched alkanes of at least 4 members (excludes halogenated alkanes) is 46. The van der Waals surface area contributed by atoms with E-state index in [2.05, 4.69) is 13.8 Å². The molecule has 0 fully saturated rings. The van der Waals surface area contributed by atoms with Crippen molar-refractivity contribution in [3.63, 3.8) is 0 Å². The summed E-state index contributed by atoms with van der Waals surface area (Å²) in [6.45, 7) is 5.24. The van der Waals surface area contributed by atoms with Gasteiger partial charge < -0.3 is 4.74 Å². The highest BCUT2D eigenvalue weighted by Crippen LogP contribution is 2.18. The summed E-state index contributed by atoms with van der Waals surface area (Å²) in [4.78, 5) is 12.1. The number of hydrogen-bond acceptors (Lipinski definition) is 2. The Bertz CT molecular complexity index is 673. The van der Waals surface area contributed by atoms with Crippen LogP contribution in [0, 0.1) is 0 Å². The van der Waals surface area contributed by atoms with Gasteiger partial charge in [-0.2, -0.15) is 0 Å². The molecule has 330 valence electrons. The Morgan fingerprint density at radius 2 is 0.400 bits per heavy atom. The van der Waals surface area contributed by atoms with Crippen molar-refractivity contribution in [1.82, 2.24) is 0 Å². The van der Waals surface area contributed by atoms with Gasteiger partial charge in [-0.15, -0.1) is 0 Å². The first kappa shape index (κ1) is 54.5. The second-order valence-corrected chi connectivity index (χ2v) is 18.2. The Labute approximate surface area is 349 Å². The lowest BCUT2D eigenvalue weighted by Gasteiger charge is -2.06. The Morgan fingerprint density at radius 1 is 0.236 bits per heavy atom. The molecule has 0 aromatic carbocycles. The molecule has 0 unspecified atom stereocenters. The lowest BCUT2D eigenvalue weighted by atomic mass is 10.0.